The van der Waals surface area contributed by atoms with Gasteiger partial charge in [0.2, 0.25) is 5.91 Å². The van der Waals surface area contributed by atoms with Gasteiger partial charge in [-0.2, -0.15) is 0 Å². The van der Waals surface area contributed by atoms with Crippen LogP contribution in [0.15, 0.2) is 12.7 Å². The topological polar surface area (TPSA) is 70.1 Å². The van der Waals surface area contributed by atoms with Crippen molar-refractivity contribution >= 4 is 12.0 Å². The van der Waals surface area contributed by atoms with Gasteiger partial charge >= 0.3 is 6.09 Å². The van der Waals surface area contributed by atoms with Crippen LogP contribution in [0.1, 0.15) is 26.7 Å². The maximum absolute atomic E-state index is 11.9. The maximum atomic E-state index is 11.9. The molecule has 0 bridgehead atoms. The van der Waals surface area contributed by atoms with E-state index in [0.717, 1.165) is 0 Å². The van der Waals surface area contributed by atoms with Gasteiger partial charge in [-0.1, -0.05) is 6.58 Å². The standard InChI is InChI=1S/C13H20N2O4/c1-4-11(16)15-9(2)13(19-10(15)3)5-7-14(8-6-13)12(17)18/h4,9-10H,1,5-8H2,2-3H3,(H,17,18)/t9-,10?/m0/s1. The smallest absolute Gasteiger partial charge is 0.407 e. The predicted octanol–water partition coefficient (Wildman–Crippen LogP) is 1.28. The highest BCUT2D eigenvalue weighted by atomic mass is 16.5. The summed E-state index contributed by atoms with van der Waals surface area (Å²) in [6.07, 6.45) is 1.34. The van der Waals surface area contributed by atoms with Crippen LogP contribution >= 0.6 is 0 Å². The molecule has 0 radical (unpaired) electrons. The van der Waals surface area contributed by atoms with Gasteiger partial charge in [0.05, 0.1) is 11.6 Å². The molecule has 0 saturated carbocycles. The van der Waals surface area contributed by atoms with Gasteiger partial charge < -0.3 is 19.6 Å². The fraction of sp³-hybridized carbons (Fsp3) is 0.692. The molecule has 0 aromatic rings. The summed E-state index contributed by atoms with van der Waals surface area (Å²) in [7, 11) is 0. The van der Waals surface area contributed by atoms with Crippen molar-refractivity contribution in [2.24, 2.45) is 0 Å². The Morgan fingerprint density at radius 2 is 1.95 bits per heavy atom. The van der Waals surface area contributed by atoms with E-state index in [1.165, 1.54) is 11.0 Å². The Bertz CT molecular complexity index is 401. The largest absolute Gasteiger partial charge is 0.465 e. The number of amides is 2. The van der Waals surface area contributed by atoms with E-state index in [9.17, 15) is 9.59 Å². The molecule has 1 spiro atoms. The van der Waals surface area contributed by atoms with Crippen LogP contribution < -0.4 is 0 Å². The highest BCUT2D eigenvalue weighted by Crippen LogP contribution is 2.40. The van der Waals surface area contributed by atoms with E-state index >= 15 is 0 Å². The molecule has 6 nitrogen and oxygen atoms in total. The summed E-state index contributed by atoms with van der Waals surface area (Å²) in [6, 6.07) is -0.0658. The van der Waals surface area contributed by atoms with Gasteiger partial charge in [0, 0.05) is 13.1 Å². The number of carbonyl (C=O) groups is 2. The lowest BCUT2D eigenvalue weighted by atomic mass is 9.85. The molecule has 1 unspecified atom stereocenters. The third kappa shape index (κ3) is 2.20. The molecule has 2 aliphatic heterocycles. The Morgan fingerprint density at radius 1 is 1.37 bits per heavy atom. The van der Waals surface area contributed by atoms with Crippen molar-refractivity contribution in [3.05, 3.63) is 12.7 Å². The lowest BCUT2D eigenvalue weighted by Crippen LogP contribution is -2.53. The zero-order valence-electron chi connectivity index (χ0n) is 11.3. The van der Waals surface area contributed by atoms with Crippen LogP contribution in [0.5, 0.6) is 0 Å². The lowest BCUT2D eigenvalue weighted by Gasteiger charge is -2.40. The molecule has 0 aromatic carbocycles. The predicted molar refractivity (Wildman–Crippen MR) is 68.6 cm³/mol. The molecular formula is C13H20N2O4. The first kappa shape index (κ1) is 13.9. The van der Waals surface area contributed by atoms with Crippen molar-refractivity contribution in [2.45, 2.75) is 44.6 Å². The van der Waals surface area contributed by atoms with Crippen molar-refractivity contribution in [2.75, 3.05) is 13.1 Å². The third-order valence-electron chi connectivity index (χ3n) is 4.29. The third-order valence-corrected chi connectivity index (χ3v) is 4.29. The van der Waals surface area contributed by atoms with Crippen LogP contribution in [0.3, 0.4) is 0 Å². The fourth-order valence-corrected chi connectivity index (χ4v) is 3.15. The van der Waals surface area contributed by atoms with E-state index in [2.05, 4.69) is 6.58 Å². The number of carbonyl (C=O) groups excluding carboxylic acids is 1. The Labute approximate surface area is 112 Å². The maximum Gasteiger partial charge on any atom is 0.407 e. The summed E-state index contributed by atoms with van der Waals surface area (Å²) < 4.78 is 6.00. The molecule has 0 aliphatic carbocycles. The summed E-state index contributed by atoms with van der Waals surface area (Å²) >= 11 is 0. The Hall–Kier alpha value is -1.56. The molecule has 2 amide bonds. The normalized spacial score (nSPS) is 29.6. The quantitative estimate of drug-likeness (QED) is 0.727. The first-order valence-corrected chi connectivity index (χ1v) is 6.52. The number of likely N-dealkylation sites (tertiary alicyclic amines) is 1. The Morgan fingerprint density at radius 3 is 2.42 bits per heavy atom. The zero-order chi connectivity index (χ0) is 14.2. The van der Waals surface area contributed by atoms with E-state index in [1.54, 1.807) is 4.90 Å². The first-order chi connectivity index (χ1) is 8.91. The molecule has 6 heteroatoms. The summed E-state index contributed by atoms with van der Waals surface area (Å²) in [4.78, 5) is 25.9. The van der Waals surface area contributed by atoms with Gasteiger partial charge in [-0.15, -0.1) is 0 Å². The molecule has 1 N–H and O–H groups in total. The minimum atomic E-state index is -0.896. The second-order valence-electron chi connectivity index (χ2n) is 5.18. The molecule has 0 aromatic heterocycles. The molecule has 2 fully saturated rings. The van der Waals surface area contributed by atoms with Crippen LogP contribution in [0.25, 0.3) is 0 Å². The van der Waals surface area contributed by atoms with Crippen LogP contribution in [0.4, 0.5) is 4.79 Å². The van der Waals surface area contributed by atoms with Gasteiger partial charge in [0.25, 0.3) is 0 Å². The van der Waals surface area contributed by atoms with E-state index in [1.807, 2.05) is 13.8 Å². The first-order valence-electron chi connectivity index (χ1n) is 6.52. The van der Waals surface area contributed by atoms with Crippen molar-refractivity contribution in [3.63, 3.8) is 0 Å². The molecular weight excluding hydrogens is 248 g/mol. The van der Waals surface area contributed by atoms with Gasteiger partial charge in [-0.05, 0) is 32.8 Å². The minimum Gasteiger partial charge on any atom is -0.465 e. The minimum absolute atomic E-state index is 0.0658. The summed E-state index contributed by atoms with van der Waals surface area (Å²) in [5.74, 6) is -0.141. The molecule has 2 atom stereocenters. The summed E-state index contributed by atoms with van der Waals surface area (Å²) in [6.45, 7) is 8.21. The van der Waals surface area contributed by atoms with Gasteiger partial charge in [0.1, 0.15) is 6.23 Å². The van der Waals surface area contributed by atoms with Gasteiger partial charge in [0.15, 0.2) is 0 Å². The van der Waals surface area contributed by atoms with Gasteiger partial charge in [-0.25, -0.2) is 4.79 Å². The Balaban J connectivity index is 2.12. The van der Waals surface area contributed by atoms with Crippen molar-refractivity contribution in [3.8, 4) is 0 Å². The summed E-state index contributed by atoms with van der Waals surface area (Å²) in [5, 5.41) is 8.97. The van der Waals surface area contributed by atoms with E-state index < -0.39 is 11.7 Å². The highest BCUT2D eigenvalue weighted by Gasteiger charge is 2.52. The number of nitrogens with zero attached hydrogens (tertiary/aromatic N) is 2. The van der Waals surface area contributed by atoms with Gasteiger partial charge in [-0.3, -0.25) is 4.79 Å². The monoisotopic (exact) mass is 268 g/mol. The lowest BCUT2D eigenvalue weighted by molar-refractivity contribution is -0.132. The number of hydrogen-bond acceptors (Lipinski definition) is 3. The second-order valence-corrected chi connectivity index (χ2v) is 5.18. The molecule has 19 heavy (non-hydrogen) atoms. The SMILES string of the molecule is C=CC(=O)N1C(C)OC2(CCN(C(=O)O)CC2)[C@@H]1C. The fourth-order valence-electron chi connectivity index (χ4n) is 3.15. The molecule has 2 rings (SSSR count). The van der Waals surface area contributed by atoms with Crippen LogP contribution in [0.2, 0.25) is 0 Å². The number of hydrogen-bond donors (Lipinski definition) is 1. The zero-order valence-corrected chi connectivity index (χ0v) is 11.3. The van der Waals surface area contributed by atoms with Crippen LogP contribution in [0, 0.1) is 0 Å². The van der Waals surface area contributed by atoms with Crippen LogP contribution in [-0.4, -0.2) is 57.9 Å². The van der Waals surface area contributed by atoms with E-state index in [-0.39, 0.29) is 18.2 Å². The summed E-state index contributed by atoms with van der Waals surface area (Å²) in [5.41, 5.74) is -0.427. The number of piperidine rings is 1. The van der Waals surface area contributed by atoms with Crippen molar-refractivity contribution in [1.29, 1.82) is 0 Å². The molecule has 2 aliphatic rings. The number of carboxylic acid groups (broad SMARTS) is 1. The average Bonchev–Trinajstić information content (AvgIpc) is 2.61. The van der Waals surface area contributed by atoms with Crippen LogP contribution in [-0.2, 0) is 9.53 Å². The highest BCUT2D eigenvalue weighted by molar-refractivity contribution is 5.87. The average molecular weight is 268 g/mol. The van der Waals surface area contributed by atoms with E-state index in [4.69, 9.17) is 9.84 Å². The molecule has 2 heterocycles. The second kappa shape index (κ2) is 4.85. The molecule has 2 saturated heterocycles. The van der Waals surface area contributed by atoms with E-state index in [0.29, 0.717) is 25.9 Å². The number of ether oxygens (including phenoxy) is 1. The Kier molecular flexibility index (Phi) is 3.54. The number of rotatable bonds is 1. The van der Waals surface area contributed by atoms with Crippen molar-refractivity contribution < 1.29 is 19.4 Å². The molecule has 106 valence electrons. The van der Waals surface area contributed by atoms with Crippen molar-refractivity contribution in [1.82, 2.24) is 9.80 Å².